The van der Waals surface area contributed by atoms with Gasteiger partial charge in [-0.25, -0.2) is 0 Å². The minimum absolute atomic E-state index is 0.179. The maximum atomic E-state index is 10.8. The number of azide groups is 1. The highest BCUT2D eigenvalue weighted by Gasteiger charge is 2.53. The fourth-order valence-corrected chi connectivity index (χ4v) is 4.92. The summed E-state index contributed by atoms with van der Waals surface area (Å²) in [7, 11) is 0. The molecule has 0 saturated carbocycles. The maximum Gasteiger partial charge on any atom is 0.187 e. The summed E-state index contributed by atoms with van der Waals surface area (Å²) in [5, 5.41) is 96.1. The molecule has 0 aromatic carbocycles. The summed E-state index contributed by atoms with van der Waals surface area (Å²) in [6, 6.07) is 0. The van der Waals surface area contributed by atoms with E-state index in [9.17, 15) is 46.0 Å². The van der Waals surface area contributed by atoms with Crippen LogP contribution < -0.4 is 5.73 Å². The van der Waals surface area contributed by atoms with Gasteiger partial charge < -0.3 is 80.1 Å². The van der Waals surface area contributed by atoms with Crippen molar-refractivity contribution in [2.75, 3.05) is 32.9 Å². The maximum absolute atomic E-state index is 10.8. The average molecular weight is 615 g/mol. The topological polar surface area (TPSA) is 312 Å². The van der Waals surface area contributed by atoms with Crippen LogP contribution >= 0.6 is 0 Å². The zero-order valence-electron chi connectivity index (χ0n) is 22.7. The molecule has 0 amide bonds. The first-order valence-corrected chi connectivity index (χ1v) is 13.7. The van der Waals surface area contributed by atoms with Crippen LogP contribution in [0, 0.1) is 0 Å². The number of hydrogen-bond donors (Lipinski definition) is 10. The molecular formula is C23H42N4O15. The van der Waals surface area contributed by atoms with Crippen molar-refractivity contribution in [3.05, 3.63) is 10.4 Å². The molecule has 3 aliphatic heterocycles. The third kappa shape index (κ3) is 8.23. The lowest BCUT2D eigenvalue weighted by atomic mass is 9.96. The van der Waals surface area contributed by atoms with Gasteiger partial charge in [-0.3, -0.25) is 0 Å². The highest BCUT2D eigenvalue weighted by molar-refractivity contribution is 4.96. The van der Waals surface area contributed by atoms with Crippen molar-refractivity contribution in [1.29, 1.82) is 0 Å². The zero-order valence-corrected chi connectivity index (χ0v) is 22.7. The minimum Gasteiger partial charge on any atom is -0.394 e. The number of nitrogens with zero attached hydrogens (tertiary/aromatic N) is 3. The average Bonchev–Trinajstić information content (AvgIpc) is 2.99. The summed E-state index contributed by atoms with van der Waals surface area (Å²) in [6.45, 7) is -1.25. The predicted octanol–water partition coefficient (Wildman–Crippen LogP) is -5.10. The van der Waals surface area contributed by atoms with Crippen LogP contribution in [0.25, 0.3) is 10.4 Å². The lowest BCUT2D eigenvalue weighted by molar-refractivity contribution is -0.377. The summed E-state index contributed by atoms with van der Waals surface area (Å²) in [5.74, 6) is 0. The Bertz CT molecular complexity index is 855. The Labute approximate surface area is 240 Å². The molecule has 0 aromatic rings. The van der Waals surface area contributed by atoms with Gasteiger partial charge in [0.2, 0.25) is 0 Å². The molecule has 19 heteroatoms. The van der Waals surface area contributed by atoms with Gasteiger partial charge in [-0.1, -0.05) is 5.11 Å². The van der Waals surface area contributed by atoms with Crippen molar-refractivity contribution in [2.45, 2.75) is 111 Å². The van der Waals surface area contributed by atoms with Crippen LogP contribution in [-0.2, 0) is 28.4 Å². The number of rotatable bonds is 14. The zero-order chi connectivity index (χ0) is 31.0. The molecule has 0 aromatic heterocycles. The number of nitrogens with two attached hydrogens (primary N) is 1. The van der Waals surface area contributed by atoms with Crippen molar-refractivity contribution in [1.82, 2.24) is 0 Å². The largest absolute Gasteiger partial charge is 0.394 e. The highest BCUT2D eigenvalue weighted by Crippen LogP contribution is 2.32. The molecule has 11 N–H and O–H groups in total. The normalized spacial score (nSPS) is 44.5. The van der Waals surface area contributed by atoms with Gasteiger partial charge in [0.15, 0.2) is 18.9 Å². The summed E-state index contributed by atoms with van der Waals surface area (Å²) in [4.78, 5) is 2.66. The number of aliphatic hydroxyl groups excluding tert-OH is 9. The molecule has 15 atom stereocenters. The first kappa shape index (κ1) is 35.2. The lowest BCUT2D eigenvalue weighted by Crippen LogP contribution is -2.66. The molecule has 9 unspecified atom stereocenters. The SMILES string of the molecule is [N-]=[N+]=NCC1O[C@@H](OCCCCCN)C(O)C(O)[C@@H]1O[C@@H]1OC(CO)[C@H](O[C@H]2OC(CO)[C@H](O)C(O)C2O)C(O)C1O. The molecule has 3 saturated heterocycles. The Morgan fingerprint density at radius 1 is 0.643 bits per heavy atom. The van der Waals surface area contributed by atoms with Crippen molar-refractivity contribution >= 4 is 0 Å². The minimum atomic E-state index is -1.91. The summed E-state index contributed by atoms with van der Waals surface area (Å²) >= 11 is 0. The van der Waals surface area contributed by atoms with E-state index in [-0.39, 0.29) is 13.2 Å². The molecule has 3 aliphatic rings. The van der Waals surface area contributed by atoms with Crippen LogP contribution in [-0.4, -0.2) is 171 Å². The van der Waals surface area contributed by atoms with Gasteiger partial charge in [-0.05, 0) is 31.3 Å². The van der Waals surface area contributed by atoms with E-state index in [4.69, 9.17) is 39.7 Å². The Kier molecular flexibility index (Phi) is 13.9. The first-order chi connectivity index (χ1) is 20.1. The lowest BCUT2D eigenvalue weighted by Gasteiger charge is -2.48. The van der Waals surface area contributed by atoms with Gasteiger partial charge >= 0.3 is 0 Å². The molecule has 0 radical (unpaired) electrons. The first-order valence-electron chi connectivity index (χ1n) is 13.7. The summed E-state index contributed by atoms with van der Waals surface area (Å²) in [5.41, 5.74) is 14.3. The second-order valence-electron chi connectivity index (χ2n) is 10.3. The monoisotopic (exact) mass is 614 g/mol. The molecule has 3 heterocycles. The van der Waals surface area contributed by atoms with Crippen LogP contribution in [0.4, 0.5) is 0 Å². The van der Waals surface area contributed by atoms with E-state index in [2.05, 4.69) is 10.0 Å². The van der Waals surface area contributed by atoms with Crippen LogP contribution in [0.5, 0.6) is 0 Å². The quantitative estimate of drug-likeness (QED) is 0.0378. The Balaban J connectivity index is 1.69. The van der Waals surface area contributed by atoms with Gasteiger partial charge in [0.25, 0.3) is 0 Å². The van der Waals surface area contributed by atoms with E-state index >= 15 is 0 Å². The van der Waals surface area contributed by atoms with Crippen molar-refractivity contribution in [3.8, 4) is 0 Å². The molecule has 244 valence electrons. The van der Waals surface area contributed by atoms with Gasteiger partial charge in [-0.2, -0.15) is 0 Å². The Morgan fingerprint density at radius 2 is 1.17 bits per heavy atom. The van der Waals surface area contributed by atoms with Crippen molar-refractivity contribution < 1.29 is 74.4 Å². The number of ether oxygens (including phenoxy) is 6. The molecule has 0 aliphatic carbocycles. The summed E-state index contributed by atoms with van der Waals surface area (Å²) in [6.07, 6.45) is -22.1. The van der Waals surface area contributed by atoms with Crippen molar-refractivity contribution in [3.63, 3.8) is 0 Å². The van der Waals surface area contributed by atoms with E-state index in [0.717, 1.165) is 12.8 Å². The Hall–Kier alpha value is -1.33. The van der Waals surface area contributed by atoms with E-state index in [1.807, 2.05) is 0 Å². The van der Waals surface area contributed by atoms with E-state index in [1.54, 1.807) is 0 Å². The van der Waals surface area contributed by atoms with Gasteiger partial charge in [0.05, 0.1) is 25.9 Å². The van der Waals surface area contributed by atoms with Gasteiger partial charge in [0, 0.05) is 11.5 Å². The highest BCUT2D eigenvalue weighted by atomic mass is 16.8. The molecule has 3 rings (SSSR count). The molecule has 3 fully saturated rings. The third-order valence-electron chi connectivity index (χ3n) is 7.35. The smallest absolute Gasteiger partial charge is 0.187 e. The van der Waals surface area contributed by atoms with Crippen molar-refractivity contribution in [2.24, 2.45) is 10.8 Å². The van der Waals surface area contributed by atoms with Crippen LogP contribution in [0.1, 0.15) is 19.3 Å². The number of aliphatic hydroxyl groups is 9. The molecular weight excluding hydrogens is 572 g/mol. The standard InChI is InChI=1S/C23H42N4O15/c24-4-2-1-3-5-37-21-17(35)14(32)19(9(38-21)6-26-27-25)41-23-18(36)15(33)20(11(8-29)40-23)42-22-16(34)13(31)12(30)10(7-28)39-22/h9-23,28-36H,1-8,24H2/t9?,10?,11?,12-,13?,14?,15?,16?,17?,18?,19+,20-,21+,22+,23-/m0/s1. The fourth-order valence-electron chi connectivity index (χ4n) is 4.92. The molecule has 0 spiro atoms. The van der Waals surface area contributed by atoms with Crippen LogP contribution in [0.3, 0.4) is 0 Å². The second kappa shape index (κ2) is 16.7. The molecule has 0 bridgehead atoms. The third-order valence-corrected chi connectivity index (χ3v) is 7.35. The van der Waals surface area contributed by atoms with Gasteiger partial charge in [0.1, 0.15) is 67.1 Å². The predicted molar refractivity (Wildman–Crippen MR) is 135 cm³/mol. The number of hydrogen-bond acceptors (Lipinski definition) is 17. The molecule has 19 nitrogen and oxygen atoms in total. The van der Waals surface area contributed by atoms with E-state index in [0.29, 0.717) is 13.0 Å². The summed E-state index contributed by atoms with van der Waals surface area (Å²) < 4.78 is 33.3. The Morgan fingerprint density at radius 3 is 1.74 bits per heavy atom. The second-order valence-corrected chi connectivity index (χ2v) is 10.3. The van der Waals surface area contributed by atoms with Crippen LogP contribution in [0.2, 0.25) is 0 Å². The van der Waals surface area contributed by atoms with Crippen LogP contribution in [0.15, 0.2) is 5.11 Å². The van der Waals surface area contributed by atoms with Gasteiger partial charge in [-0.15, -0.1) is 0 Å². The molecule has 42 heavy (non-hydrogen) atoms. The van der Waals surface area contributed by atoms with E-state index < -0.39 is 105 Å². The number of unbranched alkanes of at least 4 members (excludes halogenated alkanes) is 2. The van der Waals surface area contributed by atoms with E-state index in [1.165, 1.54) is 0 Å². The fraction of sp³-hybridized carbons (Fsp3) is 1.00.